The molecule has 8 heavy (non-hydrogen) atoms. The Labute approximate surface area is 57.8 Å². The maximum atomic E-state index is 3.75. The molecular weight excluding hydrogens is 164 g/mol. The fourth-order valence-electron chi connectivity index (χ4n) is 2.98. The molecule has 0 aliphatic heterocycles. The van der Waals surface area contributed by atoms with Crippen LogP contribution in [-0.2, 0) is 0 Å². The molecule has 0 N–H and O–H groups in total. The van der Waals surface area contributed by atoms with Crippen LogP contribution in [0, 0.1) is 23.7 Å². The van der Waals surface area contributed by atoms with Gasteiger partial charge < -0.3 is 0 Å². The minimum Gasteiger partial charge on any atom is -0.0884 e. The average molecular weight is 173 g/mol. The van der Waals surface area contributed by atoms with Gasteiger partial charge in [0.05, 0.1) is 0 Å². The fourth-order valence-corrected chi connectivity index (χ4v) is 4.20. The molecule has 4 saturated carbocycles. The lowest BCUT2D eigenvalue weighted by atomic mass is 10.1. The molecule has 0 spiro atoms. The summed E-state index contributed by atoms with van der Waals surface area (Å²) in [6, 6.07) is 0. The first kappa shape index (κ1) is 4.32. The van der Waals surface area contributed by atoms with E-state index in [0.29, 0.717) is 0 Å². The molecule has 0 nitrogen and oxygen atoms in total. The summed E-state index contributed by atoms with van der Waals surface area (Å²) >= 11 is 3.75. The first-order valence-corrected chi connectivity index (χ1v) is 4.43. The predicted molar refractivity (Wildman–Crippen MR) is 35.9 cm³/mol. The molecule has 4 aliphatic rings. The first-order chi connectivity index (χ1) is 3.88. The van der Waals surface area contributed by atoms with Crippen molar-refractivity contribution in [2.24, 2.45) is 23.7 Å². The van der Waals surface area contributed by atoms with E-state index in [4.69, 9.17) is 0 Å². The Balaban J connectivity index is 2.10. The summed E-state index contributed by atoms with van der Waals surface area (Å²) < 4.78 is 0. The molecule has 3 atom stereocenters. The molecule has 4 fully saturated rings. The third kappa shape index (κ3) is 0.278. The van der Waals surface area contributed by atoms with E-state index in [1.54, 1.807) is 12.8 Å². The van der Waals surface area contributed by atoms with Crippen molar-refractivity contribution in [1.29, 1.82) is 0 Å². The summed E-state index contributed by atoms with van der Waals surface area (Å²) in [5, 5.41) is 0. The van der Waals surface area contributed by atoms with Crippen LogP contribution in [0.2, 0.25) is 0 Å². The van der Waals surface area contributed by atoms with Gasteiger partial charge in [-0.2, -0.15) is 0 Å². The number of hydrogen-bond donors (Lipinski definition) is 0. The highest BCUT2D eigenvalue weighted by Gasteiger charge is 2.67. The van der Waals surface area contributed by atoms with Crippen LogP contribution in [0.4, 0.5) is 0 Å². The highest BCUT2D eigenvalue weighted by molar-refractivity contribution is 9.09. The summed E-state index contributed by atoms with van der Waals surface area (Å²) in [6.07, 6.45) is 3.12. The maximum Gasteiger partial charge on any atom is 0.0208 e. The van der Waals surface area contributed by atoms with Gasteiger partial charge in [0.1, 0.15) is 0 Å². The topological polar surface area (TPSA) is 0 Å². The Morgan fingerprint density at radius 3 is 1.88 bits per heavy atom. The van der Waals surface area contributed by atoms with Gasteiger partial charge in [0.25, 0.3) is 0 Å². The molecular formula is C7H9Br. The van der Waals surface area contributed by atoms with Crippen molar-refractivity contribution in [2.45, 2.75) is 17.7 Å². The third-order valence-corrected chi connectivity index (χ3v) is 4.72. The van der Waals surface area contributed by atoms with Crippen molar-refractivity contribution >= 4 is 15.9 Å². The third-order valence-electron chi connectivity index (χ3n) is 3.37. The molecule has 0 aromatic rings. The van der Waals surface area contributed by atoms with Crippen LogP contribution in [0.1, 0.15) is 12.8 Å². The summed E-state index contributed by atoms with van der Waals surface area (Å²) in [5.74, 6) is 4.60. The van der Waals surface area contributed by atoms with Gasteiger partial charge in [-0.25, -0.2) is 0 Å². The predicted octanol–water partition coefficient (Wildman–Crippen LogP) is 2.04. The molecule has 3 unspecified atom stereocenters. The number of halogens is 1. The van der Waals surface area contributed by atoms with Crippen LogP contribution in [0.5, 0.6) is 0 Å². The van der Waals surface area contributed by atoms with E-state index in [9.17, 15) is 0 Å². The van der Waals surface area contributed by atoms with E-state index in [1.807, 2.05) is 0 Å². The van der Waals surface area contributed by atoms with Gasteiger partial charge >= 0.3 is 0 Å². The lowest BCUT2D eigenvalue weighted by molar-refractivity contribution is 0.620. The van der Waals surface area contributed by atoms with E-state index in [2.05, 4.69) is 15.9 Å². The van der Waals surface area contributed by atoms with Crippen molar-refractivity contribution in [3.8, 4) is 0 Å². The van der Waals surface area contributed by atoms with Gasteiger partial charge in [-0.3, -0.25) is 0 Å². The molecule has 1 heteroatoms. The summed E-state index contributed by atoms with van der Waals surface area (Å²) in [4.78, 5) is 0.942. The standard InChI is InChI=1S/C7H9Br/c8-7-3-1-4-5(2-3)6(4)7/h3-7H,1-2H2. The van der Waals surface area contributed by atoms with E-state index in [1.165, 1.54) is 11.8 Å². The van der Waals surface area contributed by atoms with E-state index >= 15 is 0 Å². The molecule has 4 bridgehead atoms. The Morgan fingerprint density at radius 1 is 1.12 bits per heavy atom. The monoisotopic (exact) mass is 172 g/mol. The summed E-state index contributed by atoms with van der Waals surface area (Å²) in [5.41, 5.74) is 0. The molecule has 0 aromatic carbocycles. The minimum atomic E-state index is 0.942. The van der Waals surface area contributed by atoms with Crippen LogP contribution in [0.3, 0.4) is 0 Å². The molecule has 4 aliphatic carbocycles. The maximum absolute atomic E-state index is 3.75. The summed E-state index contributed by atoms with van der Waals surface area (Å²) in [6.45, 7) is 0. The zero-order valence-corrected chi connectivity index (χ0v) is 6.26. The highest BCUT2D eigenvalue weighted by Crippen LogP contribution is 2.72. The molecule has 0 radical (unpaired) electrons. The fraction of sp³-hybridized carbons (Fsp3) is 1.00. The molecule has 0 amide bonds. The second kappa shape index (κ2) is 1.03. The van der Waals surface area contributed by atoms with E-state index < -0.39 is 0 Å². The zero-order valence-electron chi connectivity index (χ0n) is 4.68. The van der Waals surface area contributed by atoms with Crippen molar-refractivity contribution in [2.75, 3.05) is 0 Å². The second-order valence-electron chi connectivity index (χ2n) is 3.58. The van der Waals surface area contributed by atoms with Crippen LogP contribution in [0.15, 0.2) is 0 Å². The SMILES string of the molecule is BrC1C2CC3C(C2)C13. The normalized spacial score (nSPS) is 73.9. The second-order valence-corrected chi connectivity index (χ2v) is 4.64. The Hall–Kier alpha value is 0.480. The van der Waals surface area contributed by atoms with Gasteiger partial charge in [-0.15, -0.1) is 0 Å². The van der Waals surface area contributed by atoms with Crippen LogP contribution < -0.4 is 0 Å². The van der Waals surface area contributed by atoms with Crippen molar-refractivity contribution in [1.82, 2.24) is 0 Å². The van der Waals surface area contributed by atoms with Crippen LogP contribution >= 0.6 is 15.9 Å². The highest BCUT2D eigenvalue weighted by atomic mass is 79.9. The Bertz CT molecular complexity index is 129. The van der Waals surface area contributed by atoms with Crippen molar-refractivity contribution < 1.29 is 0 Å². The van der Waals surface area contributed by atoms with E-state index in [0.717, 1.165) is 16.7 Å². The minimum absolute atomic E-state index is 0.942. The largest absolute Gasteiger partial charge is 0.0884 e. The smallest absolute Gasteiger partial charge is 0.0208 e. The van der Waals surface area contributed by atoms with Crippen LogP contribution in [-0.4, -0.2) is 4.83 Å². The molecule has 0 aromatic heterocycles. The number of rotatable bonds is 0. The molecule has 44 valence electrons. The average Bonchev–Trinajstić information content (AvgIpc) is 2.23. The van der Waals surface area contributed by atoms with Gasteiger partial charge in [0, 0.05) is 4.83 Å². The van der Waals surface area contributed by atoms with Gasteiger partial charge in [-0.1, -0.05) is 15.9 Å². The summed E-state index contributed by atoms with van der Waals surface area (Å²) in [7, 11) is 0. The lowest BCUT2D eigenvalue weighted by Gasteiger charge is -2.02. The first-order valence-electron chi connectivity index (χ1n) is 3.52. The van der Waals surface area contributed by atoms with Gasteiger partial charge in [0.15, 0.2) is 0 Å². The van der Waals surface area contributed by atoms with Gasteiger partial charge in [-0.05, 0) is 36.5 Å². The quantitative estimate of drug-likeness (QED) is 0.491. The zero-order chi connectivity index (χ0) is 5.30. The molecule has 4 rings (SSSR count). The molecule has 0 saturated heterocycles. The van der Waals surface area contributed by atoms with Crippen molar-refractivity contribution in [3.05, 3.63) is 0 Å². The number of hydrogen-bond acceptors (Lipinski definition) is 0. The van der Waals surface area contributed by atoms with Crippen LogP contribution in [0.25, 0.3) is 0 Å². The Kier molecular flexibility index (Phi) is 0.555. The molecule has 0 heterocycles. The van der Waals surface area contributed by atoms with Crippen molar-refractivity contribution in [3.63, 3.8) is 0 Å². The number of alkyl halides is 1. The van der Waals surface area contributed by atoms with E-state index in [-0.39, 0.29) is 0 Å². The Morgan fingerprint density at radius 2 is 1.75 bits per heavy atom. The van der Waals surface area contributed by atoms with Gasteiger partial charge in [0.2, 0.25) is 0 Å². The lowest BCUT2D eigenvalue weighted by Crippen LogP contribution is -2.00.